The quantitative estimate of drug-likeness (QED) is 0.819. The zero-order valence-electron chi connectivity index (χ0n) is 11.1. The van der Waals surface area contributed by atoms with E-state index in [1.807, 2.05) is 0 Å². The van der Waals surface area contributed by atoms with Crippen molar-refractivity contribution in [3.05, 3.63) is 0 Å². The molecule has 2 aliphatic rings. The molecule has 3 heteroatoms. The molecule has 0 radical (unpaired) electrons. The largest absolute Gasteiger partial charge is 0.342 e. The van der Waals surface area contributed by atoms with Crippen LogP contribution in [0.15, 0.2) is 0 Å². The number of nitrogens with two attached hydrogens (primary N) is 1. The van der Waals surface area contributed by atoms with Crippen LogP contribution >= 0.6 is 0 Å². The molecule has 1 unspecified atom stereocenters. The molecular formula is C14H26N2O. The summed E-state index contributed by atoms with van der Waals surface area (Å²) in [5.74, 6) is 1.03. The van der Waals surface area contributed by atoms with Crippen LogP contribution in [0.3, 0.4) is 0 Å². The van der Waals surface area contributed by atoms with Crippen molar-refractivity contribution in [3.63, 3.8) is 0 Å². The molecule has 3 nitrogen and oxygen atoms in total. The second-order valence-electron chi connectivity index (χ2n) is 6.18. The van der Waals surface area contributed by atoms with E-state index in [0.717, 1.165) is 25.9 Å². The number of hydrogen-bond acceptors (Lipinski definition) is 2. The molecule has 1 amide bonds. The maximum atomic E-state index is 12.3. The van der Waals surface area contributed by atoms with E-state index in [9.17, 15) is 4.79 Å². The summed E-state index contributed by atoms with van der Waals surface area (Å²) in [6.45, 7) is 4.83. The lowest BCUT2D eigenvalue weighted by Crippen LogP contribution is -2.39. The van der Waals surface area contributed by atoms with Gasteiger partial charge in [0.1, 0.15) is 0 Å². The summed E-state index contributed by atoms with van der Waals surface area (Å²) in [7, 11) is 0. The zero-order valence-corrected chi connectivity index (χ0v) is 11.1. The third-order valence-electron chi connectivity index (χ3n) is 4.65. The predicted molar refractivity (Wildman–Crippen MR) is 69.6 cm³/mol. The first-order chi connectivity index (χ1) is 8.15. The van der Waals surface area contributed by atoms with Crippen molar-refractivity contribution in [1.29, 1.82) is 0 Å². The first-order valence-electron chi connectivity index (χ1n) is 7.13. The Hall–Kier alpha value is -0.570. The molecule has 2 rings (SSSR count). The highest BCUT2D eigenvalue weighted by Crippen LogP contribution is 2.39. The molecule has 0 aromatic carbocycles. The van der Waals surface area contributed by atoms with Crippen LogP contribution < -0.4 is 5.73 Å². The van der Waals surface area contributed by atoms with Gasteiger partial charge in [-0.05, 0) is 37.1 Å². The van der Waals surface area contributed by atoms with Gasteiger partial charge in [-0.1, -0.05) is 26.2 Å². The summed E-state index contributed by atoms with van der Waals surface area (Å²) < 4.78 is 0. The van der Waals surface area contributed by atoms with Gasteiger partial charge in [0.25, 0.3) is 0 Å². The standard InChI is InChI=1S/C14H26N2O/c1-12-5-8-16(10-12)13(17)9-14(11-15)6-3-2-4-7-14/h12H,2-11,15H2,1H3. The minimum Gasteiger partial charge on any atom is -0.342 e. The zero-order chi connectivity index (χ0) is 12.3. The highest BCUT2D eigenvalue weighted by Gasteiger charge is 2.35. The summed E-state index contributed by atoms with van der Waals surface area (Å²) >= 11 is 0. The molecule has 17 heavy (non-hydrogen) atoms. The molecule has 1 heterocycles. The van der Waals surface area contributed by atoms with Crippen LogP contribution in [0.25, 0.3) is 0 Å². The van der Waals surface area contributed by atoms with E-state index in [-0.39, 0.29) is 5.41 Å². The van der Waals surface area contributed by atoms with Gasteiger partial charge in [-0.25, -0.2) is 0 Å². The normalized spacial score (nSPS) is 28.4. The smallest absolute Gasteiger partial charge is 0.223 e. The van der Waals surface area contributed by atoms with Crippen molar-refractivity contribution in [2.24, 2.45) is 17.1 Å². The van der Waals surface area contributed by atoms with Crippen molar-refractivity contribution < 1.29 is 4.79 Å². The number of likely N-dealkylation sites (tertiary alicyclic amines) is 1. The molecule has 1 aliphatic heterocycles. The van der Waals surface area contributed by atoms with Crippen LogP contribution in [0.2, 0.25) is 0 Å². The molecule has 1 atom stereocenters. The fourth-order valence-corrected chi connectivity index (χ4v) is 3.35. The topological polar surface area (TPSA) is 46.3 Å². The van der Waals surface area contributed by atoms with Crippen molar-refractivity contribution in [2.45, 2.75) is 51.9 Å². The summed E-state index contributed by atoms with van der Waals surface area (Å²) in [5, 5.41) is 0. The van der Waals surface area contributed by atoms with E-state index >= 15 is 0 Å². The fraction of sp³-hybridized carbons (Fsp3) is 0.929. The van der Waals surface area contributed by atoms with Gasteiger partial charge < -0.3 is 10.6 Å². The first kappa shape index (κ1) is 12.9. The lowest BCUT2D eigenvalue weighted by molar-refractivity contribution is -0.133. The SMILES string of the molecule is CC1CCN(C(=O)CC2(CN)CCCCC2)C1. The maximum Gasteiger partial charge on any atom is 0.223 e. The van der Waals surface area contributed by atoms with E-state index in [0.29, 0.717) is 24.8 Å². The van der Waals surface area contributed by atoms with Crippen LogP contribution in [-0.2, 0) is 4.79 Å². The molecule has 0 spiro atoms. The minimum atomic E-state index is 0.126. The number of amides is 1. The molecular weight excluding hydrogens is 212 g/mol. The molecule has 2 N–H and O–H groups in total. The number of carbonyl (C=O) groups is 1. The van der Waals surface area contributed by atoms with Crippen LogP contribution in [0.5, 0.6) is 0 Å². The molecule has 0 aromatic heterocycles. The Kier molecular flexibility index (Phi) is 4.08. The average molecular weight is 238 g/mol. The second kappa shape index (κ2) is 5.38. The Bertz CT molecular complexity index is 271. The monoisotopic (exact) mass is 238 g/mol. The van der Waals surface area contributed by atoms with Crippen LogP contribution in [0.1, 0.15) is 51.9 Å². The third kappa shape index (κ3) is 3.01. The van der Waals surface area contributed by atoms with E-state index in [2.05, 4.69) is 11.8 Å². The molecule has 2 fully saturated rings. The number of carbonyl (C=O) groups excluding carboxylic acids is 1. The van der Waals surface area contributed by atoms with Gasteiger partial charge in [0, 0.05) is 19.5 Å². The third-order valence-corrected chi connectivity index (χ3v) is 4.65. The van der Waals surface area contributed by atoms with Gasteiger partial charge in [-0.3, -0.25) is 4.79 Å². The van der Waals surface area contributed by atoms with Gasteiger partial charge in [0.15, 0.2) is 0 Å². The van der Waals surface area contributed by atoms with E-state index in [4.69, 9.17) is 5.73 Å². The Morgan fingerprint density at radius 3 is 2.59 bits per heavy atom. The van der Waals surface area contributed by atoms with Crippen molar-refractivity contribution in [1.82, 2.24) is 4.90 Å². The van der Waals surface area contributed by atoms with Gasteiger partial charge >= 0.3 is 0 Å². The summed E-state index contributed by atoms with van der Waals surface area (Å²) in [5.41, 5.74) is 6.07. The van der Waals surface area contributed by atoms with Crippen LogP contribution in [0, 0.1) is 11.3 Å². The van der Waals surface area contributed by atoms with Gasteiger partial charge in [-0.15, -0.1) is 0 Å². The highest BCUT2D eigenvalue weighted by atomic mass is 16.2. The van der Waals surface area contributed by atoms with Crippen LogP contribution in [0.4, 0.5) is 0 Å². The lowest BCUT2D eigenvalue weighted by Gasteiger charge is -2.36. The van der Waals surface area contributed by atoms with Gasteiger partial charge in [-0.2, -0.15) is 0 Å². The van der Waals surface area contributed by atoms with E-state index in [1.54, 1.807) is 0 Å². The number of rotatable bonds is 3. The van der Waals surface area contributed by atoms with Crippen molar-refractivity contribution in [3.8, 4) is 0 Å². The molecule has 0 bridgehead atoms. The van der Waals surface area contributed by atoms with Crippen molar-refractivity contribution in [2.75, 3.05) is 19.6 Å². The van der Waals surface area contributed by atoms with Crippen molar-refractivity contribution >= 4 is 5.91 Å². The number of hydrogen-bond donors (Lipinski definition) is 1. The molecule has 1 saturated carbocycles. The van der Waals surface area contributed by atoms with E-state index in [1.165, 1.54) is 25.7 Å². The lowest BCUT2D eigenvalue weighted by atomic mass is 9.71. The first-order valence-corrected chi connectivity index (χ1v) is 7.13. The van der Waals surface area contributed by atoms with Gasteiger partial charge in [0.2, 0.25) is 5.91 Å². The average Bonchev–Trinajstić information content (AvgIpc) is 2.77. The molecule has 98 valence electrons. The van der Waals surface area contributed by atoms with E-state index < -0.39 is 0 Å². The molecule has 1 saturated heterocycles. The number of nitrogens with zero attached hydrogens (tertiary/aromatic N) is 1. The maximum absolute atomic E-state index is 12.3. The highest BCUT2D eigenvalue weighted by molar-refractivity contribution is 5.77. The Labute approximate surface area is 105 Å². The Balaban J connectivity index is 1.91. The fourth-order valence-electron chi connectivity index (χ4n) is 3.35. The molecule has 0 aromatic rings. The second-order valence-corrected chi connectivity index (χ2v) is 6.18. The Morgan fingerprint density at radius 1 is 1.35 bits per heavy atom. The summed E-state index contributed by atoms with van der Waals surface area (Å²) in [4.78, 5) is 14.3. The minimum absolute atomic E-state index is 0.126. The summed E-state index contributed by atoms with van der Waals surface area (Å²) in [6, 6.07) is 0. The van der Waals surface area contributed by atoms with Crippen LogP contribution in [-0.4, -0.2) is 30.4 Å². The predicted octanol–water partition coefficient (Wildman–Crippen LogP) is 2.15. The Morgan fingerprint density at radius 2 is 2.06 bits per heavy atom. The summed E-state index contributed by atoms with van der Waals surface area (Å²) in [6.07, 6.45) is 7.98. The molecule has 1 aliphatic carbocycles. The van der Waals surface area contributed by atoms with Gasteiger partial charge in [0.05, 0.1) is 0 Å².